The Balaban J connectivity index is 2.96. The lowest BCUT2D eigenvalue weighted by molar-refractivity contribution is -0.112. The topological polar surface area (TPSA) is 17.1 Å². The van der Waals surface area contributed by atoms with Gasteiger partial charge in [-0.15, -0.1) is 0 Å². The molecule has 0 aromatic heterocycles. The van der Waals surface area contributed by atoms with Crippen molar-refractivity contribution in [2.45, 2.75) is 41.0 Å². The van der Waals surface area contributed by atoms with Crippen LogP contribution >= 0.6 is 0 Å². The van der Waals surface area contributed by atoms with E-state index in [1.807, 2.05) is 0 Å². The third-order valence-electron chi connectivity index (χ3n) is 3.88. The van der Waals surface area contributed by atoms with Crippen LogP contribution in [0.25, 0.3) is 0 Å². The van der Waals surface area contributed by atoms with Gasteiger partial charge in [0.15, 0.2) is 5.78 Å². The minimum atomic E-state index is 0.136. The normalized spacial score (nSPS) is 30.3. The lowest BCUT2D eigenvalue weighted by Gasteiger charge is -2.42. The van der Waals surface area contributed by atoms with Crippen molar-refractivity contribution >= 4 is 5.78 Å². The monoisotopic (exact) mass is 206 g/mol. The van der Waals surface area contributed by atoms with Crippen LogP contribution in [0.15, 0.2) is 23.8 Å². The molecule has 15 heavy (non-hydrogen) atoms. The molecule has 84 valence electrons. The SMILES string of the molecule is CC(=O)C=C[C@H]1C(C)=CC[C@@H](C)C1(C)C. The molecular formula is C14H22O. The van der Waals surface area contributed by atoms with E-state index in [9.17, 15) is 4.79 Å². The smallest absolute Gasteiger partial charge is 0.152 e. The van der Waals surface area contributed by atoms with Crippen molar-refractivity contribution in [1.82, 2.24) is 0 Å². The largest absolute Gasteiger partial charge is 0.295 e. The molecule has 0 aromatic carbocycles. The molecule has 0 aromatic rings. The van der Waals surface area contributed by atoms with E-state index in [1.165, 1.54) is 5.57 Å². The average molecular weight is 206 g/mol. The third-order valence-corrected chi connectivity index (χ3v) is 3.88. The number of allylic oxidation sites excluding steroid dienone is 4. The lowest BCUT2D eigenvalue weighted by atomic mass is 9.63. The van der Waals surface area contributed by atoms with Crippen LogP contribution in [0, 0.1) is 17.3 Å². The van der Waals surface area contributed by atoms with Crippen LogP contribution in [0.1, 0.15) is 41.0 Å². The van der Waals surface area contributed by atoms with E-state index in [-0.39, 0.29) is 11.2 Å². The molecule has 0 unspecified atom stereocenters. The van der Waals surface area contributed by atoms with E-state index in [1.54, 1.807) is 13.0 Å². The van der Waals surface area contributed by atoms with E-state index in [0.717, 1.165) is 6.42 Å². The summed E-state index contributed by atoms with van der Waals surface area (Å²) in [5.41, 5.74) is 1.65. The molecule has 0 amide bonds. The molecule has 1 aliphatic carbocycles. The Morgan fingerprint density at radius 2 is 2.13 bits per heavy atom. The maximum absolute atomic E-state index is 11.0. The van der Waals surface area contributed by atoms with Gasteiger partial charge in [0.2, 0.25) is 0 Å². The van der Waals surface area contributed by atoms with Crippen LogP contribution in [-0.2, 0) is 4.79 Å². The van der Waals surface area contributed by atoms with Crippen LogP contribution in [0.5, 0.6) is 0 Å². The lowest BCUT2D eigenvalue weighted by Crippen LogP contribution is -2.33. The predicted molar refractivity (Wildman–Crippen MR) is 64.6 cm³/mol. The Kier molecular flexibility index (Phi) is 3.54. The molecule has 0 radical (unpaired) electrons. The number of hydrogen-bond donors (Lipinski definition) is 0. The Morgan fingerprint density at radius 1 is 1.53 bits per heavy atom. The standard InChI is InChI=1S/C14H22O/c1-10-6-7-11(2)14(4,5)13(10)9-8-12(3)15/h6,8-9,11,13H,7H2,1-5H3/t11-,13+/m1/s1. The number of carbonyl (C=O) groups excluding carboxylic acids is 1. The third kappa shape index (κ3) is 2.58. The van der Waals surface area contributed by atoms with Gasteiger partial charge in [-0.25, -0.2) is 0 Å². The zero-order valence-electron chi connectivity index (χ0n) is 10.5. The molecule has 0 N–H and O–H groups in total. The van der Waals surface area contributed by atoms with E-state index < -0.39 is 0 Å². The van der Waals surface area contributed by atoms with Crippen molar-refractivity contribution in [1.29, 1.82) is 0 Å². The maximum Gasteiger partial charge on any atom is 0.152 e. The summed E-state index contributed by atoms with van der Waals surface area (Å²) in [6.45, 7) is 10.7. The fraction of sp³-hybridized carbons (Fsp3) is 0.643. The van der Waals surface area contributed by atoms with Gasteiger partial charge in [-0.05, 0) is 37.7 Å². The Bertz CT molecular complexity index is 307. The zero-order valence-corrected chi connectivity index (χ0v) is 10.5. The van der Waals surface area contributed by atoms with Gasteiger partial charge in [0, 0.05) is 5.92 Å². The molecule has 1 nitrogen and oxygen atoms in total. The van der Waals surface area contributed by atoms with E-state index >= 15 is 0 Å². The second-order valence-corrected chi connectivity index (χ2v) is 5.35. The summed E-state index contributed by atoms with van der Waals surface area (Å²) in [5, 5.41) is 0. The van der Waals surface area contributed by atoms with Gasteiger partial charge >= 0.3 is 0 Å². The van der Waals surface area contributed by atoms with Crippen molar-refractivity contribution in [3.05, 3.63) is 23.8 Å². The van der Waals surface area contributed by atoms with Gasteiger partial charge in [-0.2, -0.15) is 0 Å². The number of ketones is 1. The van der Waals surface area contributed by atoms with Crippen molar-refractivity contribution in [2.24, 2.45) is 17.3 Å². The average Bonchev–Trinajstić information content (AvgIpc) is 2.11. The summed E-state index contributed by atoms with van der Waals surface area (Å²) in [5.74, 6) is 1.21. The van der Waals surface area contributed by atoms with Gasteiger partial charge in [0.05, 0.1) is 0 Å². The first kappa shape index (κ1) is 12.2. The van der Waals surface area contributed by atoms with Crippen molar-refractivity contribution in [3.63, 3.8) is 0 Å². The van der Waals surface area contributed by atoms with Crippen molar-refractivity contribution in [2.75, 3.05) is 0 Å². The highest BCUT2D eigenvalue weighted by atomic mass is 16.1. The summed E-state index contributed by atoms with van der Waals surface area (Å²) in [4.78, 5) is 11.0. The number of carbonyl (C=O) groups is 1. The molecule has 1 aliphatic rings. The second kappa shape index (κ2) is 4.34. The summed E-state index contributed by atoms with van der Waals surface area (Å²) in [7, 11) is 0. The molecule has 0 heterocycles. The molecule has 0 spiro atoms. The van der Waals surface area contributed by atoms with Gasteiger partial charge in [0.1, 0.15) is 0 Å². The van der Waals surface area contributed by atoms with E-state index in [0.29, 0.717) is 11.8 Å². The molecule has 0 aliphatic heterocycles. The van der Waals surface area contributed by atoms with Crippen molar-refractivity contribution in [3.8, 4) is 0 Å². The molecule has 1 rings (SSSR count). The summed E-state index contributed by atoms with van der Waals surface area (Å²) in [6, 6.07) is 0. The second-order valence-electron chi connectivity index (χ2n) is 5.35. The quantitative estimate of drug-likeness (QED) is 0.496. The minimum Gasteiger partial charge on any atom is -0.295 e. The fourth-order valence-electron chi connectivity index (χ4n) is 2.32. The van der Waals surface area contributed by atoms with Gasteiger partial charge in [-0.1, -0.05) is 38.5 Å². The van der Waals surface area contributed by atoms with Crippen molar-refractivity contribution < 1.29 is 4.79 Å². The van der Waals surface area contributed by atoms with Crippen LogP contribution in [0.3, 0.4) is 0 Å². The first-order valence-electron chi connectivity index (χ1n) is 5.71. The van der Waals surface area contributed by atoms with Crippen LogP contribution in [0.2, 0.25) is 0 Å². The van der Waals surface area contributed by atoms with Gasteiger partial charge < -0.3 is 0 Å². The molecule has 0 saturated carbocycles. The zero-order chi connectivity index (χ0) is 11.6. The highest BCUT2D eigenvalue weighted by Crippen LogP contribution is 2.45. The van der Waals surface area contributed by atoms with E-state index in [4.69, 9.17) is 0 Å². The van der Waals surface area contributed by atoms with Crippen LogP contribution < -0.4 is 0 Å². The summed E-state index contributed by atoms with van der Waals surface area (Å²) < 4.78 is 0. The molecule has 0 bridgehead atoms. The highest BCUT2D eigenvalue weighted by Gasteiger charge is 2.36. The molecule has 0 saturated heterocycles. The highest BCUT2D eigenvalue weighted by molar-refractivity contribution is 5.87. The fourth-order valence-corrected chi connectivity index (χ4v) is 2.32. The van der Waals surface area contributed by atoms with E-state index in [2.05, 4.69) is 39.8 Å². The Labute approximate surface area is 93.3 Å². The van der Waals surface area contributed by atoms with Gasteiger partial charge in [0.25, 0.3) is 0 Å². The Morgan fingerprint density at radius 3 is 2.67 bits per heavy atom. The first-order valence-corrected chi connectivity index (χ1v) is 5.71. The Hall–Kier alpha value is -0.850. The first-order chi connectivity index (χ1) is 6.85. The minimum absolute atomic E-state index is 0.136. The number of hydrogen-bond acceptors (Lipinski definition) is 1. The maximum atomic E-state index is 11.0. The predicted octanol–water partition coefficient (Wildman–Crippen LogP) is 3.76. The molecule has 2 atom stereocenters. The number of rotatable bonds is 2. The summed E-state index contributed by atoms with van der Waals surface area (Å²) >= 11 is 0. The van der Waals surface area contributed by atoms with Crippen LogP contribution in [0.4, 0.5) is 0 Å². The molecule has 0 fully saturated rings. The molecule has 1 heteroatoms. The van der Waals surface area contributed by atoms with Crippen LogP contribution in [-0.4, -0.2) is 5.78 Å². The van der Waals surface area contributed by atoms with Gasteiger partial charge in [-0.3, -0.25) is 4.79 Å². The summed E-state index contributed by atoms with van der Waals surface area (Å²) in [6.07, 6.45) is 7.25. The molecular weight excluding hydrogens is 184 g/mol.